The van der Waals surface area contributed by atoms with E-state index in [0.717, 1.165) is 54.7 Å². The van der Waals surface area contributed by atoms with Gasteiger partial charge < -0.3 is 14.1 Å². The first kappa shape index (κ1) is 20.7. The summed E-state index contributed by atoms with van der Waals surface area (Å²) in [6.07, 6.45) is 6.52. The van der Waals surface area contributed by atoms with Crippen molar-refractivity contribution in [2.75, 3.05) is 26.2 Å². The molecule has 4 heteroatoms. The van der Waals surface area contributed by atoms with Gasteiger partial charge in [0.05, 0.1) is 12.2 Å². The summed E-state index contributed by atoms with van der Waals surface area (Å²) >= 11 is 0. The molecule has 1 aromatic heterocycles. The zero-order valence-corrected chi connectivity index (χ0v) is 17.9. The lowest BCUT2D eigenvalue weighted by molar-refractivity contribution is 0.103. The Morgan fingerprint density at radius 2 is 1.80 bits per heavy atom. The van der Waals surface area contributed by atoms with Gasteiger partial charge in [0, 0.05) is 23.9 Å². The first-order valence-electron chi connectivity index (χ1n) is 11.3. The molecule has 0 N–H and O–H groups in total. The number of benzene rings is 2. The minimum absolute atomic E-state index is 0.0200. The molecule has 1 saturated heterocycles. The van der Waals surface area contributed by atoms with E-state index in [2.05, 4.69) is 11.8 Å². The van der Waals surface area contributed by atoms with Crippen molar-refractivity contribution in [3.8, 4) is 5.75 Å². The Labute approximate surface area is 178 Å². The van der Waals surface area contributed by atoms with Crippen LogP contribution in [0.1, 0.15) is 60.7 Å². The highest BCUT2D eigenvalue weighted by atomic mass is 16.5. The van der Waals surface area contributed by atoms with Crippen molar-refractivity contribution < 1.29 is 13.9 Å². The zero-order valence-electron chi connectivity index (χ0n) is 17.9. The lowest BCUT2D eigenvalue weighted by atomic mass is 9.98. The van der Waals surface area contributed by atoms with E-state index in [1.807, 2.05) is 48.5 Å². The van der Waals surface area contributed by atoms with Gasteiger partial charge in [-0.15, -0.1) is 0 Å². The van der Waals surface area contributed by atoms with Gasteiger partial charge in [0.15, 0.2) is 5.78 Å². The van der Waals surface area contributed by atoms with Crippen molar-refractivity contribution in [3.05, 3.63) is 65.4 Å². The summed E-state index contributed by atoms with van der Waals surface area (Å²) in [5.41, 5.74) is 2.16. The molecule has 0 atom stereocenters. The van der Waals surface area contributed by atoms with Crippen molar-refractivity contribution in [2.24, 2.45) is 0 Å². The van der Waals surface area contributed by atoms with Crippen LogP contribution in [0, 0.1) is 0 Å². The topological polar surface area (TPSA) is 42.7 Å². The van der Waals surface area contributed by atoms with Gasteiger partial charge in [-0.05, 0) is 69.1 Å². The maximum absolute atomic E-state index is 13.3. The largest absolute Gasteiger partial charge is 0.494 e. The number of ketones is 1. The Bertz CT molecular complexity index is 968. The molecule has 1 aliphatic rings. The Hall–Kier alpha value is -2.59. The standard InChI is InChI=1S/C26H31NO3/c1-2-3-10-24-25(22-9-4-5-11-23(22)30-24)26(28)20-12-14-21(15-13-20)29-19-8-18-27-16-6-7-17-27/h4-5,9,11-15H,2-3,6-8,10,16-19H2,1H3. The SMILES string of the molecule is CCCCc1oc2ccccc2c1C(=O)c1ccc(OCCCN2CCCC2)cc1. The van der Waals surface area contributed by atoms with Gasteiger partial charge in [0.25, 0.3) is 0 Å². The average molecular weight is 406 g/mol. The quantitative estimate of drug-likeness (QED) is 0.312. The van der Waals surface area contributed by atoms with E-state index < -0.39 is 0 Å². The van der Waals surface area contributed by atoms with Gasteiger partial charge in [-0.3, -0.25) is 4.79 Å². The smallest absolute Gasteiger partial charge is 0.197 e. The lowest BCUT2D eigenvalue weighted by Gasteiger charge is -2.14. The molecule has 158 valence electrons. The van der Waals surface area contributed by atoms with Gasteiger partial charge in [0.2, 0.25) is 0 Å². The van der Waals surface area contributed by atoms with Gasteiger partial charge >= 0.3 is 0 Å². The molecule has 1 aliphatic heterocycles. The van der Waals surface area contributed by atoms with Crippen LogP contribution < -0.4 is 4.74 Å². The summed E-state index contributed by atoms with van der Waals surface area (Å²) in [7, 11) is 0. The molecule has 2 heterocycles. The lowest BCUT2D eigenvalue weighted by Crippen LogP contribution is -2.21. The zero-order chi connectivity index (χ0) is 20.8. The second kappa shape index (κ2) is 9.94. The maximum Gasteiger partial charge on any atom is 0.197 e. The van der Waals surface area contributed by atoms with E-state index in [4.69, 9.17) is 9.15 Å². The molecular weight excluding hydrogens is 374 g/mol. The van der Waals surface area contributed by atoms with E-state index in [-0.39, 0.29) is 5.78 Å². The number of hydrogen-bond acceptors (Lipinski definition) is 4. The Morgan fingerprint density at radius 3 is 2.57 bits per heavy atom. The molecule has 0 spiro atoms. The number of nitrogens with zero attached hydrogens (tertiary/aromatic N) is 1. The fourth-order valence-corrected chi connectivity index (χ4v) is 4.19. The third-order valence-corrected chi connectivity index (χ3v) is 5.86. The van der Waals surface area contributed by atoms with Crippen molar-refractivity contribution >= 4 is 16.8 Å². The van der Waals surface area contributed by atoms with E-state index in [1.54, 1.807) is 0 Å². The van der Waals surface area contributed by atoms with E-state index in [1.165, 1.54) is 25.9 Å². The molecule has 0 saturated carbocycles. The molecule has 0 unspecified atom stereocenters. The minimum Gasteiger partial charge on any atom is -0.494 e. The molecule has 0 amide bonds. The summed E-state index contributed by atoms with van der Waals surface area (Å²) in [4.78, 5) is 15.8. The van der Waals surface area contributed by atoms with E-state index >= 15 is 0 Å². The molecule has 0 bridgehead atoms. The van der Waals surface area contributed by atoms with Crippen LogP contribution in [-0.4, -0.2) is 36.9 Å². The summed E-state index contributed by atoms with van der Waals surface area (Å²) in [6, 6.07) is 15.3. The summed E-state index contributed by atoms with van der Waals surface area (Å²) in [5.74, 6) is 1.63. The first-order valence-corrected chi connectivity index (χ1v) is 11.3. The number of para-hydroxylation sites is 1. The number of likely N-dealkylation sites (tertiary alicyclic amines) is 1. The van der Waals surface area contributed by atoms with Crippen molar-refractivity contribution in [2.45, 2.75) is 45.4 Å². The first-order chi connectivity index (χ1) is 14.8. The Balaban J connectivity index is 1.43. The molecule has 4 nitrogen and oxygen atoms in total. The van der Waals surface area contributed by atoms with Crippen LogP contribution in [0.15, 0.2) is 52.9 Å². The fourth-order valence-electron chi connectivity index (χ4n) is 4.19. The van der Waals surface area contributed by atoms with Crippen LogP contribution in [0.5, 0.6) is 5.75 Å². The van der Waals surface area contributed by atoms with Gasteiger partial charge in [0.1, 0.15) is 17.1 Å². The van der Waals surface area contributed by atoms with E-state index in [0.29, 0.717) is 17.7 Å². The van der Waals surface area contributed by atoms with Crippen molar-refractivity contribution in [3.63, 3.8) is 0 Å². The number of furan rings is 1. The monoisotopic (exact) mass is 405 g/mol. The van der Waals surface area contributed by atoms with Crippen LogP contribution in [-0.2, 0) is 6.42 Å². The number of carbonyl (C=O) groups excluding carboxylic acids is 1. The second-order valence-electron chi connectivity index (χ2n) is 8.10. The molecule has 1 fully saturated rings. The van der Waals surface area contributed by atoms with Crippen molar-refractivity contribution in [1.82, 2.24) is 4.90 Å². The predicted molar refractivity (Wildman–Crippen MR) is 120 cm³/mol. The third-order valence-electron chi connectivity index (χ3n) is 5.86. The summed E-state index contributed by atoms with van der Waals surface area (Å²) < 4.78 is 11.9. The fraction of sp³-hybridized carbons (Fsp3) is 0.423. The van der Waals surface area contributed by atoms with E-state index in [9.17, 15) is 4.79 Å². The number of unbranched alkanes of at least 4 members (excludes halogenated alkanes) is 1. The number of rotatable bonds is 10. The molecular formula is C26H31NO3. The van der Waals surface area contributed by atoms with Crippen LogP contribution >= 0.6 is 0 Å². The highest BCUT2D eigenvalue weighted by Gasteiger charge is 2.21. The molecule has 2 aromatic carbocycles. The molecule has 3 aromatic rings. The molecule has 0 aliphatic carbocycles. The van der Waals surface area contributed by atoms with Crippen LogP contribution in [0.25, 0.3) is 11.0 Å². The number of aryl methyl sites for hydroxylation is 1. The van der Waals surface area contributed by atoms with Crippen LogP contribution in [0.3, 0.4) is 0 Å². The van der Waals surface area contributed by atoms with Gasteiger partial charge in [-0.25, -0.2) is 0 Å². The maximum atomic E-state index is 13.3. The van der Waals surface area contributed by atoms with Crippen LogP contribution in [0.2, 0.25) is 0 Å². The third kappa shape index (κ3) is 4.76. The number of fused-ring (bicyclic) bond motifs is 1. The average Bonchev–Trinajstić information content (AvgIpc) is 3.42. The highest BCUT2D eigenvalue weighted by Crippen LogP contribution is 2.29. The Morgan fingerprint density at radius 1 is 1.03 bits per heavy atom. The minimum atomic E-state index is 0.0200. The molecule has 4 rings (SSSR count). The summed E-state index contributed by atoms with van der Waals surface area (Å²) in [6.45, 7) is 6.40. The number of carbonyl (C=O) groups is 1. The molecule has 0 radical (unpaired) electrons. The second-order valence-corrected chi connectivity index (χ2v) is 8.10. The van der Waals surface area contributed by atoms with Crippen molar-refractivity contribution in [1.29, 1.82) is 0 Å². The summed E-state index contributed by atoms with van der Waals surface area (Å²) in [5, 5.41) is 0.899. The molecule has 30 heavy (non-hydrogen) atoms. The Kier molecular flexibility index (Phi) is 6.85. The normalized spacial score (nSPS) is 14.4. The number of hydrogen-bond donors (Lipinski definition) is 0. The predicted octanol–water partition coefficient (Wildman–Crippen LogP) is 5.87. The van der Waals surface area contributed by atoms with Gasteiger partial charge in [-0.1, -0.05) is 31.5 Å². The highest BCUT2D eigenvalue weighted by molar-refractivity contribution is 6.16. The number of ether oxygens (including phenoxy) is 1. The van der Waals surface area contributed by atoms with Crippen LogP contribution in [0.4, 0.5) is 0 Å². The van der Waals surface area contributed by atoms with Gasteiger partial charge in [-0.2, -0.15) is 0 Å².